The highest BCUT2D eigenvalue weighted by molar-refractivity contribution is 5.78. The highest BCUT2D eigenvalue weighted by Gasteiger charge is 2.22. The molecule has 3 atom stereocenters. The molecular formula is C16H31NO. The fourth-order valence-corrected chi connectivity index (χ4v) is 3.25. The number of nitrogens with one attached hydrogen (secondary N) is 1. The zero-order chi connectivity index (χ0) is 13.5. The van der Waals surface area contributed by atoms with Crippen LogP contribution in [0, 0.1) is 23.7 Å². The molecule has 0 saturated carbocycles. The normalized spacial score (nSPS) is 23.9. The van der Waals surface area contributed by atoms with Gasteiger partial charge < -0.3 is 5.32 Å². The van der Waals surface area contributed by atoms with Gasteiger partial charge in [0, 0.05) is 12.8 Å². The minimum atomic E-state index is 0.473. The Labute approximate surface area is 113 Å². The van der Waals surface area contributed by atoms with Gasteiger partial charge >= 0.3 is 0 Å². The highest BCUT2D eigenvalue weighted by Crippen LogP contribution is 2.24. The molecule has 2 nitrogen and oxygen atoms in total. The van der Waals surface area contributed by atoms with Crippen LogP contribution in [0.3, 0.4) is 0 Å². The number of hydrogen-bond donors (Lipinski definition) is 1. The minimum absolute atomic E-state index is 0.473. The number of ketones is 1. The summed E-state index contributed by atoms with van der Waals surface area (Å²) in [6.45, 7) is 11.2. The van der Waals surface area contributed by atoms with Gasteiger partial charge in [-0.2, -0.15) is 0 Å². The topological polar surface area (TPSA) is 29.1 Å². The van der Waals surface area contributed by atoms with E-state index in [9.17, 15) is 4.79 Å². The van der Waals surface area contributed by atoms with E-state index in [2.05, 4.69) is 33.0 Å². The second-order valence-electron chi connectivity index (χ2n) is 6.77. The van der Waals surface area contributed by atoms with Crippen molar-refractivity contribution in [3.63, 3.8) is 0 Å². The fourth-order valence-electron chi connectivity index (χ4n) is 3.25. The first-order valence-electron chi connectivity index (χ1n) is 7.71. The summed E-state index contributed by atoms with van der Waals surface area (Å²) in [5.41, 5.74) is 0. The summed E-state index contributed by atoms with van der Waals surface area (Å²) in [5.74, 6) is 2.99. The van der Waals surface area contributed by atoms with E-state index in [0.29, 0.717) is 29.5 Å². The third-order valence-electron chi connectivity index (χ3n) is 4.14. The van der Waals surface area contributed by atoms with Crippen molar-refractivity contribution in [1.29, 1.82) is 0 Å². The predicted octanol–water partition coefficient (Wildman–Crippen LogP) is 3.65. The minimum Gasteiger partial charge on any atom is -0.316 e. The summed E-state index contributed by atoms with van der Waals surface area (Å²) in [5, 5.41) is 3.44. The van der Waals surface area contributed by atoms with E-state index in [1.54, 1.807) is 0 Å². The highest BCUT2D eigenvalue weighted by atomic mass is 16.1. The first kappa shape index (κ1) is 15.7. The Morgan fingerprint density at radius 3 is 2.50 bits per heavy atom. The molecule has 3 unspecified atom stereocenters. The third kappa shape index (κ3) is 5.99. The molecule has 1 aliphatic heterocycles. The Kier molecular flexibility index (Phi) is 6.91. The average molecular weight is 253 g/mol. The predicted molar refractivity (Wildman–Crippen MR) is 77.6 cm³/mol. The Bertz CT molecular complexity index is 243. The second kappa shape index (κ2) is 7.93. The molecule has 0 aromatic heterocycles. The van der Waals surface area contributed by atoms with Gasteiger partial charge in [-0.1, -0.05) is 27.7 Å². The lowest BCUT2D eigenvalue weighted by Crippen LogP contribution is -2.34. The smallest absolute Gasteiger partial charge is 0.133 e. The van der Waals surface area contributed by atoms with E-state index in [0.717, 1.165) is 25.9 Å². The van der Waals surface area contributed by atoms with Gasteiger partial charge in [-0.15, -0.1) is 0 Å². The number of carbonyl (C=O) groups is 1. The number of hydrogen-bond acceptors (Lipinski definition) is 2. The van der Waals surface area contributed by atoms with Crippen LogP contribution < -0.4 is 5.32 Å². The molecule has 1 fully saturated rings. The van der Waals surface area contributed by atoms with Gasteiger partial charge in [-0.25, -0.2) is 0 Å². The van der Waals surface area contributed by atoms with E-state index < -0.39 is 0 Å². The van der Waals surface area contributed by atoms with Crippen molar-refractivity contribution in [2.45, 2.75) is 59.8 Å². The molecule has 2 heteroatoms. The maximum atomic E-state index is 12.1. The average Bonchev–Trinajstić information content (AvgIpc) is 2.28. The van der Waals surface area contributed by atoms with Crippen molar-refractivity contribution in [3.8, 4) is 0 Å². The Morgan fingerprint density at radius 1 is 1.22 bits per heavy atom. The van der Waals surface area contributed by atoms with Crippen molar-refractivity contribution < 1.29 is 4.79 Å². The summed E-state index contributed by atoms with van der Waals surface area (Å²) in [6, 6.07) is 0. The van der Waals surface area contributed by atoms with E-state index in [-0.39, 0.29) is 0 Å². The maximum Gasteiger partial charge on any atom is 0.133 e. The first-order valence-corrected chi connectivity index (χ1v) is 7.71. The van der Waals surface area contributed by atoms with E-state index >= 15 is 0 Å². The summed E-state index contributed by atoms with van der Waals surface area (Å²) in [7, 11) is 0. The van der Waals surface area contributed by atoms with Crippen molar-refractivity contribution in [2.75, 3.05) is 13.1 Å². The van der Waals surface area contributed by atoms with Gasteiger partial charge in [0.05, 0.1) is 0 Å². The zero-order valence-electron chi connectivity index (χ0n) is 12.7. The molecule has 1 aliphatic rings. The van der Waals surface area contributed by atoms with Crippen molar-refractivity contribution in [2.24, 2.45) is 23.7 Å². The SMILES string of the molecule is CC(C)CC(C)CC(=O)CC(C)C1CCCNC1. The standard InChI is InChI=1S/C16H31NO/c1-12(2)8-13(3)9-16(18)10-14(4)15-6-5-7-17-11-15/h12-15,17H,5-11H2,1-4H3. The van der Waals surface area contributed by atoms with Crippen LogP contribution in [0.5, 0.6) is 0 Å². The van der Waals surface area contributed by atoms with Crippen molar-refractivity contribution in [3.05, 3.63) is 0 Å². The second-order valence-corrected chi connectivity index (χ2v) is 6.77. The zero-order valence-corrected chi connectivity index (χ0v) is 12.7. The van der Waals surface area contributed by atoms with Gasteiger partial charge in [0.1, 0.15) is 5.78 Å². The van der Waals surface area contributed by atoms with Crippen molar-refractivity contribution >= 4 is 5.78 Å². The molecule has 1 N–H and O–H groups in total. The number of rotatable bonds is 7. The monoisotopic (exact) mass is 253 g/mol. The lowest BCUT2D eigenvalue weighted by atomic mass is 9.83. The fraction of sp³-hybridized carbons (Fsp3) is 0.938. The summed E-state index contributed by atoms with van der Waals surface area (Å²) >= 11 is 0. The summed E-state index contributed by atoms with van der Waals surface area (Å²) in [6.07, 6.45) is 5.30. The first-order chi connectivity index (χ1) is 8.49. The Hall–Kier alpha value is -0.370. The number of piperidine rings is 1. The molecule has 0 aliphatic carbocycles. The number of Topliss-reactive ketones (excluding diaryl/α,β-unsaturated/α-hetero) is 1. The molecule has 106 valence electrons. The Balaban J connectivity index is 2.25. The lowest BCUT2D eigenvalue weighted by molar-refractivity contribution is -0.121. The van der Waals surface area contributed by atoms with Gasteiger partial charge in [-0.05, 0) is 56.0 Å². The summed E-state index contributed by atoms with van der Waals surface area (Å²) in [4.78, 5) is 12.1. The largest absolute Gasteiger partial charge is 0.316 e. The van der Waals surface area contributed by atoms with Crippen LogP contribution in [0.2, 0.25) is 0 Å². The van der Waals surface area contributed by atoms with Gasteiger partial charge in [-0.3, -0.25) is 4.79 Å². The van der Waals surface area contributed by atoms with Crippen LogP contribution in [0.25, 0.3) is 0 Å². The molecule has 0 bridgehead atoms. The summed E-state index contributed by atoms with van der Waals surface area (Å²) < 4.78 is 0. The van der Waals surface area contributed by atoms with E-state index in [1.165, 1.54) is 19.3 Å². The molecule has 0 spiro atoms. The molecular weight excluding hydrogens is 222 g/mol. The maximum absolute atomic E-state index is 12.1. The molecule has 1 rings (SSSR count). The van der Waals surface area contributed by atoms with Crippen LogP contribution >= 0.6 is 0 Å². The Morgan fingerprint density at radius 2 is 1.94 bits per heavy atom. The van der Waals surface area contributed by atoms with E-state index in [4.69, 9.17) is 0 Å². The molecule has 0 aromatic carbocycles. The molecule has 0 radical (unpaired) electrons. The van der Waals surface area contributed by atoms with Gasteiger partial charge in [0.25, 0.3) is 0 Å². The quantitative estimate of drug-likeness (QED) is 0.750. The molecule has 1 saturated heterocycles. The third-order valence-corrected chi connectivity index (χ3v) is 4.14. The van der Waals surface area contributed by atoms with Crippen LogP contribution in [0.4, 0.5) is 0 Å². The lowest BCUT2D eigenvalue weighted by Gasteiger charge is -2.28. The van der Waals surface area contributed by atoms with Crippen LogP contribution in [-0.2, 0) is 4.79 Å². The molecule has 0 amide bonds. The van der Waals surface area contributed by atoms with Crippen LogP contribution in [0.15, 0.2) is 0 Å². The molecule has 0 aromatic rings. The number of carbonyl (C=O) groups excluding carboxylic acids is 1. The van der Waals surface area contributed by atoms with Crippen LogP contribution in [-0.4, -0.2) is 18.9 Å². The van der Waals surface area contributed by atoms with Crippen LogP contribution in [0.1, 0.15) is 59.8 Å². The van der Waals surface area contributed by atoms with Crippen molar-refractivity contribution in [1.82, 2.24) is 5.32 Å². The van der Waals surface area contributed by atoms with Gasteiger partial charge in [0.2, 0.25) is 0 Å². The van der Waals surface area contributed by atoms with E-state index in [1.807, 2.05) is 0 Å². The van der Waals surface area contributed by atoms with Gasteiger partial charge in [0.15, 0.2) is 0 Å². The molecule has 18 heavy (non-hydrogen) atoms. The molecule has 1 heterocycles.